The summed E-state index contributed by atoms with van der Waals surface area (Å²) in [7, 11) is -3.31. The van der Waals surface area contributed by atoms with Crippen molar-refractivity contribution in [2.75, 3.05) is 12.0 Å². The van der Waals surface area contributed by atoms with Gasteiger partial charge >= 0.3 is 0 Å². The second-order valence-corrected chi connectivity index (χ2v) is 5.28. The van der Waals surface area contributed by atoms with Gasteiger partial charge in [-0.2, -0.15) is 5.10 Å². The zero-order valence-electron chi connectivity index (χ0n) is 8.53. The molecule has 1 aromatic heterocycles. The molecule has 2 N–H and O–H groups in total. The lowest BCUT2D eigenvalue weighted by molar-refractivity contribution is 0.599. The monoisotopic (exact) mass is 238 g/mol. The number of benzene rings is 1. The maximum absolute atomic E-state index is 11.5. The lowest BCUT2D eigenvalue weighted by Gasteiger charge is -2.05. The molecule has 6 nitrogen and oxygen atoms in total. The molecule has 0 amide bonds. The zero-order valence-corrected chi connectivity index (χ0v) is 9.35. The van der Waals surface area contributed by atoms with Gasteiger partial charge in [-0.15, -0.1) is 9.90 Å². The van der Waals surface area contributed by atoms with Gasteiger partial charge in [0.15, 0.2) is 15.7 Å². The highest BCUT2D eigenvalue weighted by Gasteiger charge is 2.15. The Hall–Kier alpha value is -1.89. The van der Waals surface area contributed by atoms with Gasteiger partial charge in [0.1, 0.15) is 5.69 Å². The molecular formula is C9H10N4O2S. The maximum Gasteiger partial charge on any atom is 0.177 e. The van der Waals surface area contributed by atoms with E-state index in [2.05, 4.69) is 10.2 Å². The van der Waals surface area contributed by atoms with Crippen molar-refractivity contribution in [3.63, 3.8) is 0 Å². The molecule has 0 atom stereocenters. The van der Waals surface area contributed by atoms with E-state index in [1.807, 2.05) is 0 Å². The van der Waals surface area contributed by atoms with E-state index >= 15 is 0 Å². The van der Waals surface area contributed by atoms with Crippen LogP contribution in [0.15, 0.2) is 35.4 Å². The van der Waals surface area contributed by atoms with Crippen molar-refractivity contribution < 1.29 is 8.42 Å². The minimum absolute atomic E-state index is 0.172. The molecule has 1 aromatic carbocycles. The van der Waals surface area contributed by atoms with E-state index < -0.39 is 9.84 Å². The summed E-state index contributed by atoms with van der Waals surface area (Å²) in [4.78, 5) is 1.37. The number of nitrogens with zero attached hydrogens (tertiary/aromatic N) is 3. The van der Waals surface area contributed by atoms with Gasteiger partial charge in [-0.05, 0) is 12.1 Å². The molecular weight excluding hydrogens is 228 g/mol. The summed E-state index contributed by atoms with van der Waals surface area (Å²) in [6, 6.07) is 6.48. The number of nitrogen functional groups attached to an aromatic ring is 1. The first-order chi connectivity index (χ1) is 7.48. The van der Waals surface area contributed by atoms with Gasteiger partial charge in [-0.25, -0.2) is 8.42 Å². The molecule has 0 saturated heterocycles. The highest BCUT2D eigenvalue weighted by atomic mass is 32.2. The Morgan fingerprint density at radius 1 is 1.31 bits per heavy atom. The van der Waals surface area contributed by atoms with Gasteiger partial charge < -0.3 is 5.73 Å². The van der Waals surface area contributed by atoms with Crippen molar-refractivity contribution in [1.29, 1.82) is 0 Å². The van der Waals surface area contributed by atoms with Crippen molar-refractivity contribution in [1.82, 2.24) is 15.0 Å². The third-order valence-corrected chi connectivity index (χ3v) is 3.13. The number of anilines is 1. The summed E-state index contributed by atoms with van der Waals surface area (Å²) in [6.45, 7) is 0. The summed E-state index contributed by atoms with van der Waals surface area (Å²) in [5.74, 6) is 0.239. The Labute approximate surface area is 92.6 Å². The number of rotatable bonds is 2. The van der Waals surface area contributed by atoms with Crippen LogP contribution in [0.5, 0.6) is 0 Å². The molecule has 84 valence electrons. The van der Waals surface area contributed by atoms with Crippen molar-refractivity contribution in [2.45, 2.75) is 4.90 Å². The van der Waals surface area contributed by atoms with E-state index in [-0.39, 0.29) is 10.7 Å². The largest absolute Gasteiger partial charge is 0.381 e. The molecule has 0 unspecified atom stereocenters. The van der Waals surface area contributed by atoms with Gasteiger partial charge in [0, 0.05) is 6.26 Å². The first-order valence-electron chi connectivity index (χ1n) is 4.46. The van der Waals surface area contributed by atoms with Crippen molar-refractivity contribution in [3.8, 4) is 5.69 Å². The summed E-state index contributed by atoms with van der Waals surface area (Å²) in [6.07, 6.45) is 2.50. The van der Waals surface area contributed by atoms with Crippen LogP contribution in [0.3, 0.4) is 0 Å². The minimum Gasteiger partial charge on any atom is -0.381 e. The molecule has 16 heavy (non-hydrogen) atoms. The van der Waals surface area contributed by atoms with Gasteiger partial charge in [-0.3, -0.25) is 0 Å². The van der Waals surface area contributed by atoms with Crippen molar-refractivity contribution >= 4 is 15.7 Å². The lowest BCUT2D eigenvalue weighted by Crippen LogP contribution is -2.07. The molecule has 0 bridgehead atoms. The quantitative estimate of drug-likeness (QED) is 0.810. The van der Waals surface area contributed by atoms with Gasteiger partial charge in [-0.1, -0.05) is 12.1 Å². The molecule has 7 heteroatoms. The fraction of sp³-hybridized carbons (Fsp3) is 0.111. The molecule has 2 aromatic rings. The summed E-state index contributed by atoms with van der Waals surface area (Å²) in [5, 5.41) is 7.75. The Balaban J connectivity index is 2.66. The number of nitrogens with two attached hydrogens (primary N) is 1. The number of hydrogen-bond acceptors (Lipinski definition) is 5. The van der Waals surface area contributed by atoms with E-state index in [4.69, 9.17) is 5.73 Å². The van der Waals surface area contributed by atoms with Crippen LogP contribution in [-0.2, 0) is 9.84 Å². The van der Waals surface area contributed by atoms with E-state index in [0.717, 1.165) is 6.26 Å². The van der Waals surface area contributed by atoms with Gasteiger partial charge in [0.2, 0.25) is 0 Å². The number of para-hydroxylation sites is 1. The van der Waals surface area contributed by atoms with Crippen LogP contribution in [0, 0.1) is 0 Å². The highest BCUT2D eigenvalue weighted by Crippen LogP contribution is 2.18. The molecule has 0 spiro atoms. The van der Waals surface area contributed by atoms with Crippen molar-refractivity contribution in [3.05, 3.63) is 30.5 Å². The van der Waals surface area contributed by atoms with Crippen LogP contribution in [0.2, 0.25) is 0 Å². The predicted molar refractivity (Wildman–Crippen MR) is 58.9 cm³/mol. The molecule has 0 fully saturated rings. The van der Waals surface area contributed by atoms with Crippen molar-refractivity contribution in [2.24, 2.45) is 0 Å². The first-order valence-corrected chi connectivity index (χ1v) is 6.35. The molecule has 2 rings (SSSR count). The third-order valence-electron chi connectivity index (χ3n) is 1.99. The van der Waals surface area contributed by atoms with Crippen LogP contribution >= 0.6 is 0 Å². The third kappa shape index (κ3) is 1.89. The Morgan fingerprint density at radius 2 is 2.00 bits per heavy atom. The lowest BCUT2D eigenvalue weighted by atomic mass is 10.3. The van der Waals surface area contributed by atoms with Gasteiger partial charge in [0.25, 0.3) is 0 Å². The normalized spacial score (nSPS) is 11.6. The summed E-state index contributed by atoms with van der Waals surface area (Å²) < 4.78 is 23.1. The molecule has 1 heterocycles. The van der Waals surface area contributed by atoms with Crippen LogP contribution in [0.4, 0.5) is 5.82 Å². The molecule has 0 aliphatic heterocycles. The Kier molecular flexibility index (Phi) is 2.39. The Bertz CT molecular complexity index is 618. The summed E-state index contributed by atoms with van der Waals surface area (Å²) >= 11 is 0. The average Bonchev–Trinajstić information content (AvgIpc) is 2.64. The molecule has 0 aliphatic carbocycles. The van der Waals surface area contributed by atoms with E-state index in [0.29, 0.717) is 5.69 Å². The standard InChI is InChI=1S/C9H10N4O2S/c1-16(14,15)8-5-3-2-4-7(8)13-11-6-9(10)12-13/h2-6H,1H3,(H2,10,12). The molecule has 0 radical (unpaired) electrons. The average molecular weight is 238 g/mol. The second-order valence-electron chi connectivity index (χ2n) is 3.30. The predicted octanol–water partition coefficient (Wildman–Crippen LogP) is 0.253. The topological polar surface area (TPSA) is 90.9 Å². The van der Waals surface area contributed by atoms with Crippen LogP contribution < -0.4 is 5.73 Å². The fourth-order valence-corrected chi connectivity index (χ4v) is 2.18. The molecule has 0 aliphatic rings. The van der Waals surface area contributed by atoms with E-state index in [1.165, 1.54) is 17.1 Å². The number of hydrogen-bond donors (Lipinski definition) is 1. The Morgan fingerprint density at radius 3 is 2.56 bits per heavy atom. The number of aromatic nitrogens is 3. The fourth-order valence-electron chi connectivity index (χ4n) is 1.33. The summed E-state index contributed by atoms with van der Waals surface area (Å²) in [5.41, 5.74) is 5.82. The van der Waals surface area contributed by atoms with E-state index in [9.17, 15) is 8.42 Å². The second kappa shape index (κ2) is 3.60. The SMILES string of the molecule is CS(=O)(=O)c1ccccc1-n1ncc(N)n1. The smallest absolute Gasteiger partial charge is 0.177 e. The molecule has 0 saturated carbocycles. The minimum atomic E-state index is -3.31. The zero-order chi connectivity index (χ0) is 11.8. The van der Waals surface area contributed by atoms with Gasteiger partial charge in [0.05, 0.1) is 11.1 Å². The van der Waals surface area contributed by atoms with E-state index in [1.54, 1.807) is 18.2 Å². The number of sulfone groups is 1. The first kappa shape index (κ1) is 10.6. The van der Waals surface area contributed by atoms with Crippen LogP contribution in [0.1, 0.15) is 0 Å². The maximum atomic E-state index is 11.5. The van der Waals surface area contributed by atoms with Crippen LogP contribution in [-0.4, -0.2) is 29.7 Å². The highest BCUT2D eigenvalue weighted by molar-refractivity contribution is 7.90. The van der Waals surface area contributed by atoms with Crippen LogP contribution in [0.25, 0.3) is 5.69 Å².